The second-order valence-electron chi connectivity index (χ2n) is 6.94. The summed E-state index contributed by atoms with van der Waals surface area (Å²) in [4.78, 5) is 28.4. The van der Waals surface area contributed by atoms with Crippen molar-refractivity contribution in [2.24, 2.45) is 0 Å². The van der Waals surface area contributed by atoms with Gasteiger partial charge in [0.05, 0.1) is 5.39 Å². The summed E-state index contributed by atoms with van der Waals surface area (Å²) in [6, 6.07) is 12.1. The van der Waals surface area contributed by atoms with E-state index in [1.165, 1.54) is 4.88 Å². The van der Waals surface area contributed by atoms with Crippen molar-refractivity contribution in [3.05, 3.63) is 58.7 Å². The molecule has 0 radical (unpaired) electrons. The monoisotopic (exact) mass is 392 g/mol. The minimum atomic E-state index is 0.0660. The highest BCUT2D eigenvalue weighted by atomic mass is 32.1. The molecule has 1 aliphatic heterocycles. The summed E-state index contributed by atoms with van der Waals surface area (Å²) in [5.41, 5.74) is 1.04. The average molecular weight is 393 g/mol. The number of hydrogen-bond acceptors (Lipinski definition) is 5. The van der Waals surface area contributed by atoms with Crippen molar-refractivity contribution in [1.82, 2.24) is 14.9 Å². The van der Waals surface area contributed by atoms with Crippen molar-refractivity contribution in [1.29, 1.82) is 0 Å². The van der Waals surface area contributed by atoms with E-state index in [9.17, 15) is 4.79 Å². The molecule has 3 heterocycles. The molecule has 1 aliphatic rings. The predicted octanol–water partition coefficient (Wildman–Crippen LogP) is 3.92. The molecule has 6 heteroatoms. The van der Waals surface area contributed by atoms with Crippen LogP contribution in [0, 0.1) is 6.92 Å². The Morgan fingerprint density at radius 1 is 1.14 bits per heavy atom. The molecule has 0 aliphatic carbocycles. The van der Waals surface area contributed by atoms with Crippen molar-refractivity contribution >= 4 is 39.4 Å². The summed E-state index contributed by atoms with van der Waals surface area (Å²) in [6.45, 7) is 7.09. The fourth-order valence-corrected chi connectivity index (χ4v) is 4.46. The number of carbonyl (C=O) groups is 1. The Hall–Kier alpha value is -2.73. The lowest BCUT2D eigenvalue weighted by Crippen LogP contribution is -2.48. The highest BCUT2D eigenvalue weighted by Gasteiger charge is 2.23. The van der Waals surface area contributed by atoms with Gasteiger partial charge in [0.15, 0.2) is 0 Å². The number of benzene rings is 1. The maximum atomic E-state index is 12.5. The molecular weight excluding hydrogens is 368 g/mol. The van der Waals surface area contributed by atoms with E-state index < -0.39 is 0 Å². The molecule has 4 rings (SSSR count). The molecule has 0 saturated carbocycles. The van der Waals surface area contributed by atoms with E-state index in [2.05, 4.69) is 22.9 Å². The maximum absolute atomic E-state index is 12.5. The smallest absolute Gasteiger partial charge is 0.246 e. The first-order chi connectivity index (χ1) is 13.6. The zero-order valence-electron chi connectivity index (χ0n) is 16.3. The molecule has 0 spiro atoms. The van der Waals surface area contributed by atoms with Gasteiger partial charge in [-0.25, -0.2) is 9.97 Å². The number of aromatic nitrogens is 2. The Morgan fingerprint density at radius 3 is 2.61 bits per heavy atom. The van der Waals surface area contributed by atoms with E-state index in [1.54, 1.807) is 17.4 Å². The van der Waals surface area contributed by atoms with Crippen molar-refractivity contribution in [2.75, 3.05) is 31.1 Å². The second-order valence-corrected chi connectivity index (χ2v) is 8.05. The number of carbonyl (C=O) groups excluding carboxylic acids is 1. The van der Waals surface area contributed by atoms with E-state index in [4.69, 9.17) is 4.98 Å². The van der Waals surface area contributed by atoms with Crippen LogP contribution in [0.15, 0.2) is 42.5 Å². The Kier molecular flexibility index (Phi) is 5.39. The standard InChI is InChI=1S/C22H24N4OS/c1-3-18-15-19-21(23-16(2)24-22(19)28-18)26-13-11-25(12-14-26)20(27)10-9-17-7-5-4-6-8-17/h4-10,15H,3,11-14H2,1-2H3/b10-9+. The largest absolute Gasteiger partial charge is 0.352 e. The van der Waals surface area contributed by atoms with Crippen molar-refractivity contribution in [2.45, 2.75) is 20.3 Å². The van der Waals surface area contributed by atoms with Crippen LogP contribution in [-0.4, -0.2) is 47.0 Å². The third-order valence-corrected chi connectivity index (χ3v) is 6.17. The zero-order chi connectivity index (χ0) is 19.5. The Morgan fingerprint density at radius 2 is 1.89 bits per heavy atom. The van der Waals surface area contributed by atoms with Crippen LogP contribution in [0.5, 0.6) is 0 Å². The SMILES string of the molecule is CCc1cc2c(N3CCN(C(=O)/C=C/c4ccccc4)CC3)nc(C)nc2s1. The van der Waals surface area contributed by atoms with E-state index in [0.717, 1.165) is 46.9 Å². The van der Waals surface area contributed by atoms with Gasteiger partial charge in [0, 0.05) is 37.1 Å². The highest BCUT2D eigenvalue weighted by Crippen LogP contribution is 2.31. The van der Waals surface area contributed by atoms with Gasteiger partial charge in [-0.3, -0.25) is 4.79 Å². The van der Waals surface area contributed by atoms with Crippen LogP contribution in [0.25, 0.3) is 16.3 Å². The summed E-state index contributed by atoms with van der Waals surface area (Å²) in [5.74, 6) is 1.87. The van der Waals surface area contributed by atoms with E-state index in [0.29, 0.717) is 13.1 Å². The van der Waals surface area contributed by atoms with Gasteiger partial charge >= 0.3 is 0 Å². The maximum Gasteiger partial charge on any atom is 0.246 e. The van der Waals surface area contributed by atoms with Gasteiger partial charge in [-0.1, -0.05) is 37.3 Å². The average Bonchev–Trinajstić information content (AvgIpc) is 3.15. The molecule has 2 aromatic heterocycles. The number of nitrogens with zero attached hydrogens (tertiary/aromatic N) is 4. The molecule has 1 amide bonds. The van der Waals surface area contributed by atoms with Crippen LogP contribution in [0.2, 0.25) is 0 Å². The van der Waals surface area contributed by atoms with Gasteiger partial charge in [0.1, 0.15) is 16.5 Å². The van der Waals surface area contributed by atoms with E-state index in [-0.39, 0.29) is 5.91 Å². The summed E-state index contributed by atoms with van der Waals surface area (Å²) in [6.07, 6.45) is 4.56. The molecule has 144 valence electrons. The minimum absolute atomic E-state index is 0.0660. The summed E-state index contributed by atoms with van der Waals surface area (Å²) >= 11 is 1.75. The molecule has 0 unspecified atom stereocenters. The van der Waals surface area contributed by atoms with Crippen molar-refractivity contribution in [3.63, 3.8) is 0 Å². The van der Waals surface area contributed by atoms with Crippen molar-refractivity contribution < 1.29 is 4.79 Å². The van der Waals surface area contributed by atoms with E-state index >= 15 is 0 Å². The van der Waals surface area contributed by atoms with Crippen LogP contribution >= 0.6 is 11.3 Å². The molecule has 1 saturated heterocycles. The molecule has 1 aromatic carbocycles. The lowest BCUT2D eigenvalue weighted by Gasteiger charge is -2.35. The normalized spacial score (nSPS) is 14.9. The van der Waals surface area contributed by atoms with Crippen LogP contribution in [0.1, 0.15) is 23.2 Å². The molecule has 3 aromatic rings. The number of piperazine rings is 1. The predicted molar refractivity (Wildman–Crippen MR) is 116 cm³/mol. The molecule has 28 heavy (non-hydrogen) atoms. The van der Waals surface area contributed by atoms with Gasteiger partial charge in [0.25, 0.3) is 0 Å². The Bertz CT molecular complexity index is 1000. The lowest BCUT2D eigenvalue weighted by atomic mass is 10.2. The number of amides is 1. The molecule has 5 nitrogen and oxygen atoms in total. The van der Waals surface area contributed by atoms with Crippen LogP contribution in [0.3, 0.4) is 0 Å². The fourth-order valence-electron chi connectivity index (χ4n) is 3.45. The van der Waals surface area contributed by atoms with Gasteiger partial charge in [0.2, 0.25) is 5.91 Å². The molecule has 0 bridgehead atoms. The Balaban J connectivity index is 1.46. The molecular formula is C22H24N4OS. The second kappa shape index (κ2) is 8.10. The fraction of sp³-hybridized carbons (Fsp3) is 0.318. The number of rotatable bonds is 4. The lowest BCUT2D eigenvalue weighted by molar-refractivity contribution is -0.126. The van der Waals surface area contributed by atoms with Gasteiger partial charge in [-0.2, -0.15) is 0 Å². The summed E-state index contributed by atoms with van der Waals surface area (Å²) in [5, 5.41) is 1.14. The topological polar surface area (TPSA) is 49.3 Å². The van der Waals surface area contributed by atoms with Crippen LogP contribution < -0.4 is 4.90 Å². The van der Waals surface area contributed by atoms with Gasteiger partial charge in [-0.05, 0) is 31.1 Å². The number of anilines is 1. The van der Waals surface area contributed by atoms with Crippen LogP contribution in [0.4, 0.5) is 5.82 Å². The minimum Gasteiger partial charge on any atom is -0.352 e. The highest BCUT2D eigenvalue weighted by molar-refractivity contribution is 7.18. The van der Waals surface area contributed by atoms with E-state index in [1.807, 2.05) is 48.2 Å². The Labute approximate surface area is 169 Å². The third kappa shape index (κ3) is 3.92. The molecule has 1 fully saturated rings. The summed E-state index contributed by atoms with van der Waals surface area (Å²) < 4.78 is 0. The van der Waals surface area contributed by atoms with Gasteiger partial charge in [-0.15, -0.1) is 11.3 Å². The number of aryl methyl sites for hydroxylation is 2. The first-order valence-electron chi connectivity index (χ1n) is 9.68. The molecule has 0 atom stereocenters. The number of fused-ring (bicyclic) bond motifs is 1. The van der Waals surface area contributed by atoms with Crippen molar-refractivity contribution in [3.8, 4) is 0 Å². The van der Waals surface area contributed by atoms with Gasteiger partial charge < -0.3 is 9.80 Å². The first kappa shape index (κ1) is 18.6. The first-order valence-corrected chi connectivity index (χ1v) is 10.5. The number of hydrogen-bond donors (Lipinski definition) is 0. The molecule has 0 N–H and O–H groups in total. The van der Waals surface area contributed by atoms with Crippen LogP contribution in [-0.2, 0) is 11.2 Å². The number of thiophene rings is 1. The quantitative estimate of drug-likeness (QED) is 0.632. The zero-order valence-corrected chi connectivity index (χ0v) is 17.1. The third-order valence-electron chi connectivity index (χ3n) is 4.99. The summed E-state index contributed by atoms with van der Waals surface area (Å²) in [7, 11) is 0.